The maximum Gasteiger partial charge on any atom is 0.333 e. The third kappa shape index (κ3) is 5.66. The van der Waals surface area contributed by atoms with Gasteiger partial charge in [0.25, 0.3) is 15.6 Å². The molecule has 5 rings (SSSR count). The van der Waals surface area contributed by atoms with Crippen molar-refractivity contribution >= 4 is 73.3 Å². The Morgan fingerprint density at radius 1 is 1.14 bits per heavy atom. The molecule has 0 bridgehead atoms. The summed E-state index contributed by atoms with van der Waals surface area (Å²) in [4.78, 5) is 41.0. The highest BCUT2D eigenvalue weighted by atomic mass is 35.5. The van der Waals surface area contributed by atoms with Crippen molar-refractivity contribution in [2.45, 2.75) is 24.0 Å². The number of nitrogens with one attached hydrogen (secondary N) is 4. The van der Waals surface area contributed by atoms with Gasteiger partial charge in [-0.2, -0.15) is 0 Å². The van der Waals surface area contributed by atoms with Crippen LogP contribution in [-0.4, -0.2) is 35.3 Å². The number of fused-ring (bicyclic) bond motifs is 1. The number of hydrogen-bond donors (Lipinski definition) is 4. The molecule has 1 aliphatic carbocycles. The number of hydrogen-bond acceptors (Lipinski definition) is 7. The molecule has 0 spiro atoms. The first-order chi connectivity index (χ1) is 17.6. The van der Waals surface area contributed by atoms with Crippen LogP contribution in [0.4, 0.5) is 16.2 Å². The van der Waals surface area contributed by atoms with Crippen molar-refractivity contribution in [1.29, 1.82) is 0 Å². The van der Waals surface area contributed by atoms with Crippen LogP contribution in [0.25, 0.3) is 16.6 Å². The summed E-state index contributed by atoms with van der Waals surface area (Å²) in [7, 11) is -4.06. The number of halogens is 2. The Balaban J connectivity index is 1.36. The first-order valence-corrected chi connectivity index (χ1v) is 14.5. The van der Waals surface area contributed by atoms with E-state index in [1.807, 2.05) is 4.72 Å². The molecule has 1 aliphatic heterocycles. The van der Waals surface area contributed by atoms with E-state index in [0.717, 1.165) is 28.6 Å². The Morgan fingerprint density at radius 2 is 1.89 bits per heavy atom. The summed E-state index contributed by atoms with van der Waals surface area (Å²) in [6, 6.07) is 8.22. The maximum atomic E-state index is 13.2. The van der Waals surface area contributed by atoms with Crippen molar-refractivity contribution in [1.82, 2.24) is 14.3 Å². The number of alkyl halides is 1. The molecule has 14 heteroatoms. The van der Waals surface area contributed by atoms with Crippen molar-refractivity contribution in [3.8, 4) is 5.69 Å². The summed E-state index contributed by atoms with van der Waals surface area (Å²) >= 11 is 13.2. The molecule has 2 aliphatic rings. The van der Waals surface area contributed by atoms with Gasteiger partial charge in [-0.15, -0.1) is 11.6 Å². The highest BCUT2D eigenvalue weighted by molar-refractivity contribution is 8.19. The van der Waals surface area contributed by atoms with Gasteiger partial charge in [-0.1, -0.05) is 29.4 Å². The molecule has 37 heavy (non-hydrogen) atoms. The average Bonchev–Trinajstić information content (AvgIpc) is 3.55. The molecule has 0 radical (unpaired) electrons. The molecule has 1 unspecified atom stereocenters. The minimum atomic E-state index is -4.06. The fourth-order valence-electron chi connectivity index (χ4n) is 3.81. The number of aromatic nitrogens is 2. The van der Waals surface area contributed by atoms with Crippen molar-refractivity contribution in [3.05, 3.63) is 72.6 Å². The van der Waals surface area contributed by atoms with E-state index in [1.165, 1.54) is 37.1 Å². The van der Waals surface area contributed by atoms with Crippen LogP contribution in [0.3, 0.4) is 0 Å². The zero-order valence-corrected chi connectivity index (χ0v) is 22.2. The highest BCUT2D eigenvalue weighted by Gasteiger charge is 2.28. The number of carbonyl (C=O) groups excluding carboxylic acids is 1. The molecular formula is C23H21Cl2N5O5S2. The molecule has 194 valence electrons. The molecule has 4 N–H and O–H groups in total. The maximum absolute atomic E-state index is 13.2. The zero-order valence-electron chi connectivity index (χ0n) is 19.1. The summed E-state index contributed by atoms with van der Waals surface area (Å²) < 4.78 is 27.0. The first-order valence-electron chi connectivity index (χ1n) is 11.3. The van der Waals surface area contributed by atoms with E-state index >= 15 is 0 Å². The lowest BCUT2D eigenvalue weighted by atomic mass is 10.2. The van der Waals surface area contributed by atoms with Gasteiger partial charge in [0.2, 0.25) is 0 Å². The fourth-order valence-corrected chi connectivity index (χ4v) is 6.94. The first kappa shape index (κ1) is 25.7. The summed E-state index contributed by atoms with van der Waals surface area (Å²) in [5.74, 6) is 0.667. The molecule has 1 fully saturated rings. The Bertz CT molecular complexity index is 1660. The van der Waals surface area contributed by atoms with Gasteiger partial charge in [0.15, 0.2) is 0 Å². The summed E-state index contributed by atoms with van der Waals surface area (Å²) in [5.41, 5.74) is 0.232. The number of allylic oxidation sites excluding steroid dienone is 1. The molecule has 2 aromatic carbocycles. The molecule has 1 atom stereocenters. The number of nitrogens with zero attached hydrogens (tertiary/aromatic N) is 1. The second-order valence-electron chi connectivity index (χ2n) is 8.67. The lowest BCUT2D eigenvalue weighted by Gasteiger charge is -2.12. The van der Waals surface area contributed by atoms with Crippen molar-refractivity contribution in [3.63, 3.8) is 0 Å². The van der Waals surface area contributed by atoms with E-state index in [0.29, 0.717) is 23.2 Å². The van der Waals surface area contributed by atoms with Crippen LogP contribution >= 0.6 is 35.0 Å². The van der Waals surface area contributed by atoms with Gasteiger partial charge in [0.1, 0.15) is 4.24 Å². The number of thioether (sulfide) groups is 1. The van der Waals surface area contributed by atoms with Crippen LogP contribution in [0, 0.1) is 5.92 Å². The third-order valence-corrected chi connectivity index (χ3v) is 9.53. The van der Waals surface area contributed by atoms with E-state index in [1.54, 1.807) is 18.2 Å². The van der Waals surface area contributed by atoms with Crippen LogP contribution in [-0.2, 0) is 10.0 Å². The number of rotatable bonds is 7. The minimum Gasteiger partial charge on any atom is -0.385 e. The van der Waals surface area contributed by atoms with Gasteiger partial charge in [0, 0.05) is 17.9 Å². The molecule has 1 aromatic heterocycles. The average molecular weight is 582 g/mol. The largest absolute Gasteiger partial charge is 0.385 e. The predicted molar refractivity (Wildman–Crippen MR) is 147 cm³/mol. The van der Waals surface area contributed by atoms with Gasteiger partial charge >= 0.3 is 11.7 Å². The van der Waals surface area contributed by atoms with Gasteiger partial charge in [0.05, 0.1) is 26.3 Å². The van der Waals surface area contributed by atoms with Crippen LogP contribution in [0.1, 0.15) is 19.3 Å². The van der Waals surface area contributed by atoms with Gasteiger partial charge in [-0.3, -0.25) is 4.79 Å². The standard InChI is InChI=1S/C23H21Cl2N5O5S2/c24-16-9-14(27-22(32)29-37(34,35)20-8-7-19(25)36-20)4-6-18(16)30-21(31)15-5-3-13(26-11-12-1-2-12)10-17(15)28-23(30)33/h3-6,8-10,12,19,26H,1-2,7,11H2,(H,28,33)(H2,27,29,32). The minimum absolute atomic E-state index is 0.00522. The summed E-state index contributed by atoms with van der Waals surface area (Å²) in [6.45, 7) is 0.845. The molecule has 10 nitrogen and oxygen atoms in total. The number of carbonyl (C=O) groups is 1. The highest BCUT2D eigenvalue weighted by Crippen LogP contribution is 2.37. The normalized spacial score (nSPS) is 17.5. The molecule has 0 saturated heterocycles. The van der Waals surface area contributed by atoms with E-state index in [2.05, 4.69) is 15.6 Å². The quantitative estimate of drug-likeness (QED) is 0.307. The monoisotopic (exact) mass is 581 g/mol. The Labute approximate surface area is 225 Å². The third-order valence-electron chi connectivity index (χ3n) is 5.84. The number of aromatic amines is 1. The number of sulfonamides is 1. The number of benzene rings is 2. The topological polar surface area (TPSA) is 142 Å². The van der Waals surface area contributed by atoms with Crippen molar-refractivity contribution < 1.29 is 13.2 Å². The van der Waals surface area contributed by atoms with Gasteiger partial charge < -0.3 is 15.6 Å². The lowest BCUT2D eigenvalue weighted by Crippen LogP contribution is -2.35. The molecular weight excluding hydrogens is 561 g/mol. The number of amides is 2. The van der Waals surface area contributed by atoms with Crippen LogP contribution in [0.2, 0.25) is 5.02 Å². The van der Waals surface area contributed by atoms with Crippen molar-refractivity contribution in [2.75, 3.05) is 17.2 Å². The van der Waals surface area contributed by atoms with Gasteiger partial charge in [-0.25, -0.2) is 27.3 Å². The zero-order chi connectivity index (χ0) is 26.3. The summed E-state index contributed by atoms with van der Waals surface area (Å²) in [6.07, 6.45) is 4.21. The molecule has 2 amide bonds. The number of H-pyrrole nitrogens is 1. The van der Waals surface area contributed by atoms with E-state index in [-0.39, 0.29) is 20.6 Å². The molecule has 2 heterocycles. The summed E-state index contributed by atoms with van der Waals surface area (Å²) in [5, 5.41) is 5.98. The Hall–Kier alpha value is -2.93. The Kier molecular flexibility index (Phi) is 7.01. The second-order valence-corrected chi connectivity index (χ2v) is 13.0. The lowest BCUT2D eigenvalue weighted by molar-refractivity contribution is 0.256. The van der Waals surface area contributed by atoms with Gasteiger partial charge in [-0.05, 0) is 61.6 Å². The van der Waals surface area contributed by atoms with E-state index < -0.39 is 32.0 Å². The second kappa shape index (κ2) is 10.1. The van der Waals surface area contributed by atoms with Crippen molar-refractivity contribution in [2.24, 2.45) is 5.92 Å². The number of urea groups is 1. The van der Waals surface area contributed by atoms with E-state index in [9.17, 15) is 22.8 Å². The fraction of sp³-hybridized carbons (Fsp3) is 0.261. The molecule has 3 aromatic rings. The van der Waals surface area contributed by atoms with Crippen LogP contribution < -0.4 is 26.6 Å². The smallest absolute Gasteiger partial charge is 0.333 e. The SMILES string of the molecule is O=C(Nc1ccc(-n2c(=O)[nH]c3cc(NCC4CC4)ccc3c2=O)c(Cl)c1)NS(=O)(=O)C1=CCC(Cl)S1. The van der Waals surface area contributed by atoms with Crippen LogP contribution in [0.15, 0.2) is 56.3 Å². The van der Waals surface area contributed by atoms with Crippen LogP contribution in [0.5, 0.6) is 0 Å². The number of anilines is 2. The Morgan fingerprint density at radius 3 is 2.57 bits per heavy atom. The van der Waals surface area contributed by atoms with E-state index in [4.69, 9.17) is 23.2 Å². The molecule has 1 saturated carbocycles. The predicted octanol–water partition coefficient (Wildman–Crippen LogP) is 4.15.